The Kier molecular flexibility index (Phi) is 3.29. The van der Waals surface area contributed by atoms with Crippen LogP contribution in [0.5, 0.6) is 0 Å². The molecule has 1 aliphatic rings. The van der Waals surface area contributed by atoms with Crippen LogP contribution in [0.4, 0.5) is 0 Å². The van der Waals surface area contributed by atoms with Crippen LogP contribution in [0, 0.1) is 0 Å². The van der Waals surface area contributed by atoms with E-state index in [-0.39, 0.29) is 6.04 Å². The number of hydrogen-bond acceptors (Lipinski definition) is 1. The maximum absolute atomic E-state index is 8.55. The zero-order valence-electron chi connectivity index (χ0n) is 8.36. The van der Waals surface area contributed by atoms with Gasteiger partial charge in [-0.25, -0.2) is 0 Å². The molecule has 4 heteroatoms. The first-order chi connectivity index (χ1) is 7.33. The lowest BCUT2D eigenvalue weighted by Crippen LogP contribution is -1.97. The lowest BCUT2D eigenvalue weighted by atomic mass is 10.00. The SMILES string of the molecule is [N-]=[N+]=N[C@@H]1CCCCc2c(Br)cccc21. The monoisotopic (exact) mass is 265 g/mol. The first kappa shape index (κ1) is 10.5. The maximum atomic E-state index is 8.55. The van der Waals surface area contributed by atoms with E-state index in [0.29, 0.717) is 0 Å². The number of benzene rings is 1. The van der Waals surface area contributed by atoms with E-state index < -0.39 is 0 Å². The average Bonchev–Trinajstić information content (AvgIpc) is 2.43. The van der Waals surface area contributed by atoms with Crippen molar-refractivity contribution >= 4 is 15.9 Å². The van der Waals surface area contributed by atoms with Gasteiger partial charge in [0.05, 0.1) is 6.04 Å². The van der Waals surface area contributed by atoms with Crippen molar-refractivity contribution in [1.82, 2.24) is 0 Å². The quantitative estimate of drug-likeness (QED) is 0.310. The predicted octanol–water partition coefficient (Wildman–Crippen LogP) is 4.53. The van der Waals surface area contributed by atoms with E-state index in [2.05, 4.69) is 38.1 Å². The molecule has 1 atom stereocenters. The van der Waals surface area contributed by atoms with Gasteiger partial charge < -0.3 is 0 Å². The maximum Gasteiger partial charge on any atom is 0.0628 e. The molecule has 0 aliphatic heterocycles. The van der Waals surface area contributed by atoms with Crippen molar-refractivity contribution in [1.29, 1.82) is 0 Å². The molecule has 1 aromatic carbocycles. The Balaban J connectivity index is 2.49. The fourth-order valence-corrected chi connectivity index (χ4v) is 2.71. The Morgan fingerprint density at radius 2 is 2.27 bits per heavy atom. The van der Waals surface area contributed by atoms with E-state index in [1.54, 1.807) is 0 Å². The third-order valence-electron chi connectivity index (χ3n) is 2.86. The van der Waals surface area contributed by atoms with Gasteiger partial charge in [0.25, 0.3) is 0 Å². The molecule has 0 N–H and O–H groups in total. The fraction of sp³-hybridized carbons (Fsp3) is 0.455. The van der Waals surface area contributed by atoms with Crippen molar-refractivity contribution in [2.45, 2.75) is 31.7 Å². The molecule has 0 saturated heterocycles. The van der Waals surface area contributed by atoms with Crippen molar-refractivity contribution in [3.05, 3.63) is 44.2 Å². The minimum atomic E-state index is 0.0185. The molecule has 0 amide bonds. The van der Waals surface area contributed by atoms with E-state index in [4.69, 9.17) is 5.53 Å². The number of nitrogens with zero attached hydrogens (tertiary/aromatic N) is 3. The largest absolute Gasteiger partial charge is 0.0859 e. The van der Waals surface area contributed by atoms with Crippen LogP contribution in [0.15, 0.2) is 27.8 Å². The molecular formula is C11H12BrN3. The number of halogens is 1. The van der Waals surface area contributed by atoms with Crippen LogP contribution in [0.2, 0.25) is 0 Å². The van der Waals surface area contributed by atoms with E-state index in [1.165, 1.54) is 17.5 Å². The highest BCUT2D eigenvalue weighted by Gasteiger charge is 2.18. The second kappa shape index (κ2) is 4.69. The Bertz CT molecular complexity index is 410. The van der Waals surface area contributed by atoms with Crippen LogP contribution in [-0.4, -0.2) is 0 Å². The summed E-state index contributed by atoms with van der Waals surface area (Å²) >= 11 is 3.56. The van der Waals surface area contributed by atoms with Gasteiger partial charge in [-0.15, -0.1) is 0 Å². The topological polar surface area (TPSA) is 48.8 Å². The van der Waals surface area contributed by atoms with Gasteiger partial charge in [-0.1, -0.05) is 39.6 Å². The van der Waals surface area contributed by atoms with E-state index in [1.807, 2.05) is 6.07 Å². The van der Waals surface area contributed by atoms with Crippen LogP contribution < -0.4 is 0 Å². The number of azide groups is 1. The normalized spacial score (nSPS) is 19.9. The van der Waals surface area contributed by atoms with Gasteiger partial charge in [-0.3, -0.25) is 0 Å². The van der Waals surface area contributed by atoms with Gasteiger partial charge in [0.1, 0.15) is 0 Å². The molecule has 2 rings (SSSR count). The van der Waals surface area contributed by atoms with Gasteiger partial charge in [0.2, 0.25) is 0 Å². The minimum absolute atomic E-state index is 0.0185. The molecular weight excluding hydrogens is 254 g/mol. The van der Waals surface area contributed by atoms with Crippen LogP contribution in [0.3, 0.4) is 0 Å². The van der Waals surface area contributed by atoms with E-state index >= 15 is 0 Å². The molecule has 0 radical (unpaired) electrons. The molecule has 0 unspecified atom stereocenters. The molecule has 1 aliphatic carbocycles. The van der Waals surface area contributed by atoms with Crippen LogP contribution in [0.1, 0.15) is 36.4 Å². The molecule has 0 bridgehead atoms. The van der Waals surface area contributed by atoms with E-state index in [9.17, 15) is 0 Å². The summed E-state index contributed by atoms with van der Waals surface area (Å²) in [6, 6.07) is 6.15. The number of hydrogen-bond donors (Lipinski definition) is 0. The lowest BCUT2D eigenvalue weighted by Gasteiger charge is -2.12. The smallest absolute Gasteiger partial charge is 0.0628 e. The van der Waals surface area contributed by atoms with Gasteiger partial charge >= 0.3 is 0 Å². The fourth-order valence-electron chi connectivity index (χ4n) is 2.13. The summed E-state index contributed by atoms with van der Waals surface area (Å²) in [5, 5.41) is 3.89. The Hall–Kier alpha value is -0.990. The highest BCUT2D eigenvalue weighted by Crippen LogP contribution is 2.35. The second-order valence-electron chi connectivity index (χ2n) is 3.77. The molecule has 3 nitrogen and oxygen atoms in total. The van der Waals surface area contributed by atoms with E-state index in [0.717, 1.165) is 23.7 Å². The van der Waals surface area contributed by atoms with Crippen molar-refractivity contribution in [3.63, 3.8) is 0 Å². The third-order valence-corrected chi connectivity index (χ3v) is 3.60. The Morgan fingerprint density at radius 3 is 3.07 bits per heavy atom. The molecule has 0 saturated carbocycles. The summed E-state index contributed by atoms with van der Waals surface area (Å²) in [5.74, 6) is 0. The predicted molar refractivity (Wildman–Crippen MR) is 63.6 cm³/mol. The second-order valence-corrected chi connectivity index (χ2v) is 4.63. The van der Waals surface area contributed by atoms with Gasteiger partial charge in [0, 0.05) is 9.38 Å². The van der Waals surface area contributed by atoms with Crippen molar-refractivity contribution in [2.75, 3.05) is 0 Å². The van der Waals surface area contributed by atoms with Crippen molar-refractivity contribution in [3.8, 4) is 0 Å². The molecule has 15 heavy (non-hydrogen) atoms. The highest BCUT2D eigenvalue weighted by molar-refractivity contribution is 9.10. The van der Waals surface area contributed by atoms with Crippen molar-refractivity contribution in [2.24, 2.45) is 5.11 Å². The van der Waals surface area contributed by atoms with Gasteiger partial charge in [-0.2, -0.15) is 0 Å². The summed E-state index contributed by atoms with van der Waals surface area (Å²) < 4.78 is 1.14. The summed E-state index contributed by atoms with van der Waals surface area (Å²) in [5.41, 5.74) is 11.1. The zero-order valence-corrected chi connectivity index (χ0v) is 9.94. The van der Waals surface area contributed by atoms with Crippen LogP contribution in [-0.2, 0) is 6.42 Å². The molecule has 0 heterocycles. The number of fused-ring (bicyclic) bond motifs is 1. The third kappa shape index (κ3) is 2.16. The number of rotatable bonds is 1. The molecule has 1 aromatic rings. The van der Waals surface area contributed by atoms with Gasteiger partial charge in [0.15, 0.2) is 0 Å². The first-order valence-corrected chi connectivity index (χ1v) is 5.93. The minimum Gasteiger partial charge on any atom is -0.0859 e. The molecule has 0 fully saturated rings. The lowest BCUT2D eigenvalue weighted by molar-refractivity contribution is 0.612. The first-order valence-electron chi connectivity index (χ1n) is 5.14. The molecule has 78 valence electrons. The summed E-state index contributed by atoms with van der Waals surface area (Å²) in [6.07, 6.45) is 4.35. The van der Waals surface area contributed by atoms with Crippen molar-refractivity contribution < 1.29 is 0 Å². The standard InChI is InChI=1S/C11H12BrN3/c12-10-6-3-5-9-8(10)4-1-2-7-11(9)14-15-13/h3,5-6,11H,1-2,4,7H2/t11-/m1/s1. The summed E-state index contributed by atoms with van der Waals surface area (Å²) in [4.78, 5) is 2.94. The Morgan fingerprint density at radius 1 is 1.40 bits per heavy atom. The molecule has 0 spiro atoms. The summed E-state index contributed by atoms with van der Waals surface area (Å²) in [7, 11) is 0. The molecule has 0 aromatic heterocycles. The van der Waals surface area contributed by atoms with Crippen LogP contribution in [0.25, 0.3) is 10.4 Å². The summed E-state index contributed by atoms with van der Waals surface area (Å²) in [6.45, 7) is 0. The zero-order chi connectivity index (χ0) is 10.7. The highest BCUT2D eigenvalue weighted by atomic mass is 79.9. The van der Waals surface area contributed by atoms with Gasteiger partial charge in [-0.05, 0) is 42.0 Å². The average molecular weight is 266 g/mol. The Labute approximate surface area is 97.3 Å². The van der Waals surface area contributed by atoms with Crippen LogP contribution >= 0.6 is 15.9 Å².